The summed E-state index contributed by atoms with van der Waals surface area (Å²) in [4.78, 5) is 0. The molecule has 0 aliphatic carbocycles. The maximum Gasteiger partial charge on any atom is 0.135 e. The van der Waals surface area contributed by atoms with Crippen LogP contribution in [0.4, 0.5) is 0 Å². The number of halogens is 1. The Kier molecular flexibility index (Phi) is 2.83. The van der Waals surface area contributed by atoms with Gasteiger partial charge in [0.05, 0.1) is 5.38 Å². The molecule has 0 spiro atoms. The molecule has 3 aromatic rings. The van der Waals surface area contributed by atoms with Gasteiger partial charge in [-0.2, -0.15) is 0 Å². The van der Waals surface area contributed by atoms with Crippen LogP contribution in [0.25, 0.3) is 21.9 Å². The van der Waals surface area contributed by atoms with Gasteiger partial charge in [0.1, 0.15) is 11.2 Å². The van der Waals surface area contributed by atoms with E-state index in [1.807, 2.05) is 24.3 Å². The van der Waals surface area contributed by atoms with Crippen molar-refractivity contribution in [3.8, 4) is 0 Å². The zero-order valence-electron chi connectivity index (χ0n) is 11.4. The number of fused-ring (bicyclic) bond motifs is 3. The van der Waals surface area contributed by atoms with Crippen molar-refractivity contribution in [1.82, 2.24) is 0 Å². The van der Waals surface area contributed by atoms with Gasteiger partial charge in [0.15, 0.2) is 0 Å². The topological polar surface area (TPSA) is 13.1 Å². The minimum atomic E-state index is -0.00874. The quantitative estimate of drug-likeness (QED) is 0.502. The molecule has 0 saturated carbocycles. The summed E-state index contributed by atoms with van der Waals surface area (Å²) in [5, 5.41) is 2.28. The second-order valence-corrected chi connectivity index (χ2v) is 6.52. The van der Waals surface area contributed by atoms with Gasteiger partial charge in [-0.25, -0.2) is 0 Å². The van der Waals surface area contributed by atoms with Gasteiger partial charge >= 0.3 is 0 Å². The zero-order valence-corrected chi connectivity index (χ0v) is 12.2. The number of hydrogen-bond donors (Lipinski definition) is 0. The van der Waals surface area contributed by atoms with Gasteiger partial charge in [-0.1, -0.05) is 45.0 Å². The molecule has 0 aliphatic heterocycles. The molecule has 2 aromatic carbocycles. The van der Waals surface area contributed by atoms with Crippen LogP contribution in [0.5, 0.6) is 0 Å². The highest BCUT2D eigenvalue weighted by atomic mass is 35.5. The van der Waals surface area contributed by atoms with Crippen molar-refractivity contribution in [3.05, 3.63) is 48.0 Å². The number of para-hydroxylation sites is 1. The molecule has 19 heavy (non-hydrogen) atoms. The van der Waals surface area contributed by atoms with Gasteiger partial charge in [0.2, 0.25) is 0 Å². The predicted octanol–water partition coefficient (Wildman–Crippen LogP) is 5.91. The third-order valence-corrected chi connectivity index (χ3v) is 4.36. The molecule has 1 heterocycles. The molecule has 0 radical (unpaired) electrons. The van der Waals surface area contributed by atoms with E-state index in [9.17, 15) is 0 Å². The molecule has 98 valence electrons. The summed E-state index contributed by atoms with van der Waals surface area (Å²) in [6, 6.07) is 14.3. The monoisotopic (exact) mass is 272 g/mol. The Hall–Kier alpha value is -1.47. The smallest absolute Gasteiger partial charge is 0.135 e. The lowest BCUT2D eigenvalue weighted by atomic mass is 9.87. The summed E-state index contributed by atoms with van der Waals surface area (Å²) in [5.41, 5.74) is 3.03. The van der Waals surface area contributed by atoms with Crippen LogP contribution >= 0.6 is 11.6 Å². The van der Waals surface area contributed by atoms with Crippen LogP contribution in [0.15, 0.2) is 46.9 Å². The first-order chi connectivity index (χ1) is 8.97. The van der Waals surface area contributed by atoms with Crippen molar-refractivity contribution in [2.24, 2.45) is 5.41 Å². The summed E-state index contributed by atoms with van der Waals surface area (Å²) < 4.78 is 5.83. The first-order valence-electron chi connectivity index (χ1n) is 6.52. The normalized spacial score (nSPS) is 14.1. The van der Waals surface area contributed by atoms with Crippen molar-refractivity contribution in [2.45, 2.75) is 26.1 Å². The second-order valence-electron chi connectivity index (χ2n) is 6.08. The number of hydrogen-bond acceptors (Lipinski definition) is 1. The molecular formula is C17H17ClO. The lowest BCUT2D eigenvalue weighted by molar-refractivity contribution is 0.396. The van der Waals surface area contributed by atoms with Gasteiger partial charge in [0.25, 0.3) is 0 Å². The van der Waals surface area contributed by atoms with Crippen molar-refractivity contribution in [1.29, 1.82) is 0 Å². The van der Waals surface area contributed by atoms with Gasteiger partial charge in [-0.05, 0) is 29.2 Å². The Labute approximate surface area is 118 Å². The fourth-order valence-electron chi connectivity index (χ4n) is 2.40. The van der Waals surface area contributed by atoms with E-state index in [-0.39, 0.29) is 10.8 Å². The Balaban J connectivity index is 2.22. The molecule has 0 aliphatic rings. The van der Waals surface area contributed by atoms with Crippen LogP contribution in [0.3, 0.4) is 0 Å². The fraction of sp³-hybridized carbons (Fsp3) is 0.294. The fourth-order valence-corrected chi connectivity index (χ4v) is 2.54. The molecule has 1 nitrogen and oxygen atoms in total. The van der Waals surface area contributed by atoms with Crippen LogP contribution < -0.4 is 0 Å². The number of furan rings is 1. The van der Waals surface area contributed by atoms with Crippen molar-refractivity contribution >= 4 is 33.5 Å². The average molecular weight is 273 g/mol. The minimum Gasteiger partial charge on any atom is -0.456 e. The third-order valence-electron chi connectivity index (χ3n) is 3.45. The predicted molar refractivity (Wildman–Crippen MR) is 81.8 cm³/mol. The largest absolute Gasteiger partial charge is 0.456 e. The van der Waals surface area contributed by atoms with Crippen LogP contribution in [0.2, 0.25) is 0 Å². The summed E-state index contributed by atoms with van der Waals surface area (Å²) >= 11 is 6.57. The van der Waals surface area contributed by atoms with Gasteiger partial charge in [0, 0.05) is 10.8 Å². The van der Waals surface area contributed by atoms with E-state index in [0.29, 0.717) is 0 Å². The Bertz CT molecular complexity index is 734. The SMILES string of the molecule is CC(C)(C)C(Cl)c1ccc2oc3ccccc3c2c1. The lowest BCUT2D eigenvalue weighted by Crippen LogP contribution is -2.12. The zero-order chi connectivity index (χ0) is 13.6. The summed E-state index contributed by atoms with van der Waals surface area (Å²) in [7, 11) is 0. The molecule has 0 amide bonds. The summed E-state index contributed by atoms with van der Waals surface area (Å²) in [6.45, 7) is 6.47. The van der Waals surface area contributed by atoms with Crippen molar-refractivity contribution in [2.75, 3.05) is 0 Å². The van der Waals surface area contributed by atoms with Crippen molar-refractivity contribution in [3.63, 3.8) is 0 Å². The van der Waals surface area contributed by atoms with Gasteiger partial charge in [-0.15, -0.1) is 11.6 Å². The molecule has 0 saturated heterocycles. The Morgan fingerprint density at radius 2 is 1.63 bits per heavy atom. The van der Waals surface area contributed by atoms with E-state index in [0.717, 1.165) is 27.5 Å². The van der Waals surface area contributed by atoms with Crippen LogP contribution in [-0.4, -0.2) is 0 Å². The molecule has 1 atom stereocenters. The highest BCUT2D eigenvalue weighted by molar-refractivity contribution is 6.21. The number of benzene rings is 2. The van der Waals surface area contributed by atoms with Crippen LogP contribution in [0, 0.1) is 5.41 Å². The first kappa shape index (κ1) is 12.6. The van der Waals surface area contributed by atoms with Gasteiger partial charge in [-0.3, -0.25) is 0 Å². The third kappa shape index (κ3) is 2.12. The molecule has 1 unspecified atom stereocenters. The lowest BCUT2D eigenvalue weighted by Gasteiger charge is -2.25. The van der Waals surface area contributed by atoms with Crippen molar-refractivity contribution < 1.29 is 4.42 Å². The summed E-state index contributed by atoms with van der Waals surface area (Å²) in [5.74, 6) is 0. The second kappa shape index (κ2) is 4.28. The highest BCUT2D eigenvalue weighted by Crippen LogP contribution is 2.40. The molecule has 2 heteroatoms. The van der Waals surface area contributed by atoms with E-state index in [1.54, 1.807) is 0 Å². The summed E-state index contributed by atoms with van der Waals surface area (Å²) in [6.07, 6.45) is 0. The van der Waals surface area contributed by atoms with Gasteiger partial charge < -0.3 is 4.42 Å². The maximum atomic E-state index is 6.57. The van der Waals surface area contributed by atoms with E-state index >= 15 is 0 Å². The van der Waals surface area contributed by atoms with Crippen LogP contribution in [-0.2, 0) is 0 Å². The van der Waals surface area contributed by atoms with Crippen LogP contribution in [0.1, 0.15) is 31.7 Å². The first-order valence-corrected chi connectivity index (χ1v) is 6.96. The molecule has 0 N–H and O–H groups in total. The Morgan fingerprint density at radius 3 is 2.37 bits per heavy atom. The molecular weight excluding hydrogens is 256 g/mol. The van der Waals surface area contributed by atoms with E-state index in [4.69, 9.17) is 16.0 Å². The number of alkyl halides is 1. The number of rotatable bonds is 1. The molecule has 0 bridgehead atoms. The standard InChI is InChI=1S/C17H17ClO/c1-17(2,3)16(18)11-8-9-15-13(10-11)12-6-4-5-7-14(12)19-15/h4-10,16H,1-3H3. The van der Waals surface area contributed by atoms with E-state index in [2.05, 4.69) is 39.0 Å². The highest BCUT2D eigenvalue weighted by Gasteiger charge is 2.24. The minimum absolute atomic E-state index is 0.00874. The Morgan fingerprint density at radius 1 is 0.947 bits per heavy atom. The molecule has 0 fully saturated rings. The molecule has 3 rings (SSSR count). The van der Waals surface area contributed by atoms with E-state index in [1.165, 1.54) is 0 Å². The maximum absolute atomic E-state index is 6.57. The van der Waals surface area contributed by atoms with E-state index < -0.39 is 0 Å². The molecule has 1 aromatic heterocycles. The average Bonchev–Trinajstić information content (AvgIpc) is 2.74.